The van der Waals surface area contributed by atoms with Crippen molar-refractivity contribution in [2.75, 3.05) is 49.5 Å². The van der Waals surface area contributed by atoms with Crippen molar-refractivity contribution in [3.8, 4) is 11.4 Å². The number of hydrogen-bond acceptors (Lipinski definition) is 12. The third kappa shape index (κ3) is 15.5. The Morgan fingerprint density at radius 1 is 0.844 bits per heavy atom. The summed E-state index contributed by atoms with van der Waals surface area (Å²) < 4.78 is 0. The number of phenolic OH excluding ortho intramolecular Hbond substituents is 1. The standard InChI is InChI=1S/C49H81ClN12O2/c1-10-38(11-2)52-27-19-16-17-20-28-54-46-56-45(49(12-3,13-4)55-29-21-15-14-18-26-51)57-47(58-46)61(35(5)6)31-30-53-43(63)25-22-36-32-39(48(7,8)9)44(64)42(33-36)62-59-40-24-23-37(50)34-41(40)60-62/h23-24,32-35,38,52,55,64H,10-22,25-31,51H2,1-9H3,(H,53,63)(H,54,56,57,58). The maximum Gasteiger partial charge on any atom is 0.230 e. The second kappa shape index (κ2) is 26.1. The lowest BCUT2D eigenvalue weighted by atomic mass is 9.84. The zero-order chi connectivity index (χ0) is 46.7. The van der Waals surface area contributed by atoms with Crippen LogP contribution in [0.1, 0.15) is 163 Å². The molecule has 7 N–H and O–H groups in total. The zero-order valence-electron chi connectivity index (χ0n) is 40.6. The van der Waals surface area contributed by atoms with Gasteiger partial charge < -0.3 is 37.0 Å². The number of benzene rings is 2. The molecule has 0 radical (unpaired) electrons. The van der Waals surface area contributed by atoms with Gasteiger partial charge in [0, 0.05) is 48.7 Å². The van der Waals surface area contributed by atoms with Gasteiger partial charge in [0.05, 0.1) is 5.54 Å². The smallest absolute Gasteiger partial charge is 0.230 e. The summed E-state index contributed by atoms with van der Waals surface area (Å²) in [5, 5.41) is 35.5. The van der Waals surface area contributed by atoms with Crippen molar-refractivity contribution in [2.24, 2.45) is 5.73 Å². The third-order valence-corrected chi connectivity index (χ3v) is 12.6. The van der Waals surface area contributed by atoms with Gasteiger partial charge >= 0.3 is 0 Å². The molecule has 0 spiro atoms. The van der Waals surface area contributed by atoms with E-state index in [9.17, 15) is 9.90 Å². The van der Waals surface area contributed by atoms with E-state index in [4.69, 9.17) is 32.3 Å². The maximum absolute atomic E-state index is 13.5. The molecule has 14 nitrogen and oxygen atoms in total. The fourth-order valence-electron chi connectivity index (χ4n) is 8.11. The van der Waals surface area contributed by atoms with Crippen LogP contribution in [-0.2, 0) is 22.2 Å². The van der Waals surface area contributed by atoms with Crippen molar-refractivity contribution in [3.63, 3.8) is 0 Å². The molecule has 0 bridgehead atoms. The van der Waals surface area contributed by atoms with Crippen molar-refractivity contribution >= 4 is 40.4 Å². The number of aryl methyl sites for hydroxylation is 1. The first-order chi connectivity index (χ1) is 30.7. The van der Waals surface area contributed by atoms with E-state index >= 15 is 0 Å². The highest BCUT2D eigenvalue weighted by molar-refractivity contribution is 6.31. The first kappa shape index (κ1) is 52.5. The summed E-state index contributed by atoms with van der Waals surface area (Å²) in [6, 6.07) is 9.84. The van der Waals surface area contributed by atoms with Crippen LogP contribution in [-0.4, -0.2) is 92.3 Å². The minimum atomic E-state index is -0.406. The summed E-state index contributed by atoms with van der Waals surface area (Å²) >= 11 is 6.22. The van der Waals surface area contributed by atoms with Crippen LogP contribution in [0.3, 0.4) is 0 Å². The fraction of sp³-hybridized carbons (Fsp3) is 0.673. The summed E-state index contributed by atoms with van der Waals surface area (Å²) in [7, 11) is 0. The van der Waals surface area contributed by atoms with E-state index in [1.165, 1.54) is 30.5 Å². The highest BCUT2D eigenvalue weighted by atomic mass is 35.5. The molecular weight excluding hydrogens is 824 g/mol. The highest BCUT2D eigenvalue weighted by Crippen LogP contribution is 2.37. The molecule has 0 aliphatic rings. The molecule has 2 aromatic carbocycles. The van der Waals surface area contributed by atoms with E-state index < -0.39 is 5.54 Å². The molecule has 1 amide bonds. The van der Waals surface area contributed by atoms with E-state index in [-0.39, 0.29) is 29.5 Å². The van der Waals surface area contributed by atoms with Gasteiger partial charge in [-0.2, -0.15) is 15.0 Å². The van der Waals surface area contributed by atoms with Crippen LogP contribution in [0.15, 0.2) is 30.3 Å². The molecule has 0 fully saturated rings. The summed E-state index contributed by atoms with van der Waals surface area (Å²) in [5.41, 5.74) is 8.39. The number of rotatable bonds is 30. The number of carbonyl (C=O) groups excluding carboxylic acids is 1. The summed E-state index contributed by atoms with van der Waals surface area (Å²) in [4.78, 5) is 32.3. The number of aromatic hydroxyl groups is 1. The average molecular weight is 906 g/mol. The second-order valence-corrected chi connectivity index (χ2v) is 19.0. The van der Waals surface area contributed by atoms with E-state index in [0.717, 1.165) is 94.5 Å². The number of aromatic nitrogens is 6. The monoisotopic (exact) mass is 905 g/mol. The normalized spacial score (nSPS) is 12.2. The lowest BCUT2D eigenvalue weighted by Gasteiger charge is -2.33. The molecule has 356 valence electrons. The number of carbonyl (C=O) groups is 1. The van der Waals surface area contributed by atoms with E-state index in [1.807, 2.05) is 32.9 Å². The Morgan fingerprint density at radius 2 is 1.52 bits per heavy atom. The van der Waals surface area contributed by atoms with Crippen molar-refractivity contribution in [1.82, 2.24) is 45.9 Å². The first-order valence-electron chi connectivity index (χ1n) is 24.3. The lowest BCUT2D eigenvalue weighted by molar-refractivity contribution is -0.121. The number of fused-ring (bicyclic) bond motifs is 1. The number of nitrogens with one attached hydrogen (secondary N) is 4. The Hall–Kier alpha value is -4.11. The van der Waals surface area contributed by atoms with E-state index in [0.29, 0.717) is 59.2 Å². The van der Waals surface area contributed by atoms with Crippen LogP contribution < -0.4 is 31.9 Å². The zero-order valence-corrected chi connectivity index (χ0v) is 41.4. The molecule has 0 aliphatic heterocycles. The molecule has 64 heavy (non-hydrogen) atoms. The fourth-order valence-corrected chi connectivity index (χ4v) is 8.28. The minimum Gasteiger partial charge on any atom is -0.505 e. The van der Waals surface area contributed by atoms with Crippen LogP contribution in [0.2, 0.25) is 5.02 Å². The van der Waals surface area contributed by atoms with Crippen LogP contribution >= 0.6 is 11.6 Å². The van der Waals surface area contributed by atoms with Crippen molar-refractivity contribution in [2.45, 2.75) is 175 Å². The molecule has 0 saturated carbocycles. The van der Waals surface area contributed by atoms with Gasteiger partial charge in [0.2, 0.25) is 17.8 Å². The number of nitrogens with zero attached hydrogens (tertiary/aromatic N) is 7. The van der Waals surface area contributed by atoms with Crippen LogP contribution in [0, 0.1) is 0 Å². The second-order valence-electron chi connectivity index (χ2n) is 18.5. The topological polar surface area (TPSA) is 184 Å². The van der Waals surface area contributed by atoms with Crippen molar-refractivity contribution < 1.29 is 9.90 Å². The van der Waals surface area contributed by atoms with Gasteiger partial charge in [-0.25, -0.2) is 0 Å². The predicted octanol–water partition coefficient (Wildman–Crippen LogP) is 9.10. The largest absolute Gasteiger partial charge is 0.505 e. The number of hydrogen-bond donors (Lipinski definition) is 6. The maximum atomic E-state index is 13.5. The summed E-state index contributed by atoms with van der Waals surface area (Å²) in [5.74, 6) is 1.99. The van der Waals surface area contributed by atoms with Gasteiger partial charge in [0.15, 0.2) is 5.82 Å². The highest BCUT2D eigenvalue weighted by Gasteiger charge is 2.33. The van der Waals surface area contributed by atoms with E-state index in [1.54, 1.807) is 18.2 Å². The Labute approximate surface area is 389 Å². The van der Waals surface area contributed by atoms with Crippen LogP contribution in [0.25, 0.3) is 16.7 Å². The van der Waals surface area contributed by atoms with Gasteiger partial charge in [-0.05, 0) is 127 Å². The third-order valence-electron chi connectivity index (χ3n) is 12.4. The number of halogens is 1. The first-order valence-corrected chi connectivity index (χ1v) is 24.7. The number of amides is 1. The molecule has 2 aromatic heterocycles. The molecule has 0 atom stereocenters. The van der Waals surface area contributed by atoms with Gasteiger partial charge in [-0.15, -0.1) is 15.0 Å². The van der Waals surface area contributed by atoms with E-state index in [2.05, 4.69) is 77.9 Å². The van der Waals surface area contributed by atoms with Crippen molar-refractivity contribution in [3.05, 3.63) is 52.3 Å². The quantitative estimate of drug-likeness (QED) is 0.0273. The summed E-state index contributed by atoms with van der Waals surface area (Å²) in [6.07, 6.45) is 13.7. The lowest BCUT2D eigenvalue weighted by Crippen LogP contribution is -2.45. The molecule has 0 aliphatic carbocycles. The minimum absolute atomic E-state index is 0.0649. The Balaban J connectivity index is 1.46. The molecule has 0 saturated heterocycles. The number of nitrogens with two attached hydrogens (primary N) is 1. The van der Waals surface area contributed by atoms with Crippen molar-refractivity contribution in [1.29, 1.82) is 0 Å². The van der Waals surface area contributed by atoms with Crippen LogP contribution in [0.4, 0.5) is 11.9 Å². The number of unbranched alkanes of at least 4 members (excludes halogenated alkanes) is 6. The van der Waals surface area contributed by atoms with Gasteiger partial charge in [0.25, 0.3) is 0 Å². The van der Waals surface area contributed by atoms with Gasteiger partial charge in [-0.3, -0.25) is 4.79 Å². The molecule has 4 aromatic rings. The SMILES string of the molecule is CCC(CC)NCCCCCCNc1nc(N(CCNC(=O)CCc2cc(-n3nc4ccc(Cl)cc4n3)c(O)c(C(C)(C)C)c2)C(C)C)nc(C(CC)(CC)NCCCCCCN)n1. The number of anilines is 2. The van der Waals surface area contributed by atoms with Gasteiger partial charge in [-0.1, -0.05) is 91.8 Å². The molecular formula is C49H81ClN12O2. The summed E-state index contributed by atoms with van der Waals surface area (Å²) in [6.45, 7) is 23.7. The Morgan fingerprint density at radius 3 is 2.17 bits per heavy atom. The van der Waals surface area contributed by atoms with Crippen LogP contribution in [0.5, 0.6) is 5.75 Å². The molecule has 4 rings (SSSR count). The average Bonchev–Trinajstić information content (AvgIpc) is 3.69. The number of phenols is 1. The Kier molecular flexibility index (Phi) is 21.4. The molecule has 2 heterocycles. The molecule has 15 heteroatoms. The molecule has 0 unspecified atom stereocenters. The Bertz CT molecular complexity index is 2010. The predicted molar refractivity (Wildman–Crippen MR) is 265 cm³/mol. The van der Waals surface area contributed by atoms with Gasteiger partial charge in [0.1, 0.15) is 22.5 Å².